The Morgan fingerprint density at radius 3 is 2.82 bits per heavy atom. The summed E-state index contributed by atoms with van der Waals surface area (Å²) in [5.41, 5.74) is 0. The highest BCUT2D eigenvalue weighted by molar-refractivity contribution is 6.32. The third-order valence-corrected chi connectivity index (χ3v) is 2.43. The zero-order valence-electron chi connectivity index (χ0n) is 10.3. The van der Waals surface area contributed by atoms with Crippen molar-refractivity contribution in [2.45, 2.75) is 26.4 Å². The van der Waals surface area contributed by atoms with Crippen LogP contribution in [0, 0.1) is 5.92 Å². The van der Waals surface area contributed by atoms with E-state index in [1.165, 1.54) is 13.3 Å². The predicted octanol–water partition coefficient (Wildman–Crippen LogP) is 1.96. The molecule has 96 valence electrons. The third-order valence-electron chi connectivity index (χ3n) is 2.15. The fourth-order valence-corrected chi connectivity index (χ4v) is 1.57. The first-order valence-electron chi connectivity index (χ1n) is 5.51. The molecule has 0 radical (unpaired) electrons. The first-order chi connectivity index (χ1) is 8.02. The van der Waals surface area contributed by atoms with Crippen LogP contribution in [0.15, 0.2) is 6.20 Å². The fourth-order valence-electron chi connectivity index (χ4n) is 1.42. The Hall–Kier alpha value is -1.07. The van der Waals surface area contributed by atoms with Gasteiger partial charge in [0.05, 0.1) is 19.4 Å². The molecular weight excluding hydrogens is 242 g/mol. The summed E-state index contributed by atoms with van der Waals surface area (Å²) in [6, 6.07) is 0.246. The van der Waals surface area contributed by atoms with E-state index in [-0.39, 0.29) is 6.01 Å². The van der Waals surface area contributed by atoms with Crippen molar-refractivity contribution in [1.29, 1.82) is 0 Å². The zero-order chi connectivity index (χ0) is 12.8. The molecule has 0 spiro atoms. The van der Waals surface area contributed by atoms with E-state index in [1.54, 1.807) is 0 Å². The quantitative estimate of drug-likeness (QED) is 0.817. The number of methoxy groups -OCH3 is 1. The molecule has 0 fully saturated rings. The van der Waals surface area contributed by atoms with Gasteiger partial charge >= 0.3 is 6.01 Å². The van der Waals surface area contributed by atoms with E-state index in [0.29, 0.717) is 23.3 Å². The molecule has 0 amide bonds. The van der Waals surface area contributed by atoms with Crippen LogP contribution in [-0.4, -0.2) is 34.8 Å². The number of hydrogen-bond acceptors (Lipinski definition) is 5. The Balaban J connectivity index is 2.56. The molecule has 17 heavy (non-hydrogen) atoms. The highest BCUT2D eigenvalue weighted by Gasteiger charge is 2.10. The second-order valence-corrected chi connectivity index (χ2v) is 4.62. The number of aromatic nitrogens is 2. The standard InChI is InChI=1S/C11H18ClN3O2/c1-7(2)4-8(16)5-13-10-9(12)6-14-11(15-10)17-3/h6-8,16H,4-5H2,1-3H3,(H,13,14,15). The summed E-state index contributed by atoms with van der Waals surface area (Å²) in [5, 5.41) is 13.1. The van der Waals surface area contributed by atoms with Gasteiger partial charge in [0.1, 0.15) is 5.02 Å². The number of nitrogens with one attached hydrogen (secondary N) is 1. The zero-order valence-corrected chi connectivity index (χ0v) is 11.0. The fraction of sp³-hybridized carbons (Fsp3) is 0.636. The minimum atomic E-state index is -0.424. The van der Waals surface area contributed by atoms with Gasteiger partial charge in [-0.2, -0.15) is 4.98 Å². The van der Waals surface area contributed by atoms with Crippen molar-refractivity contribution in [1.82, 2.24) is 9.97 Å². The van der Waals surface area contributed by atoms with Crippen LogP contribution in [-0.2, 0) is 0 Å². The Morgan fingerprint density at radius 1 is 1.53 bits per heavy atom. The van der Waals surface area contributed by atoms with Crippen LogP contribution in [0.4, 0.5) is 5.82 Å². The van der Waals surface area contributed by atoms with Crippen LogP contribution in [0.25, 0.3) is 0 Å². The summed E-state index contributed by atoms with van der Waals surface area (Å²) in [6.45, 7) is 4.52. The monoisotopic (exact) mass is 259 g/mol. The minimum absolute atomic E-state index is 0.246. The molecule has 0 bridgehead atoms. The molecule has 0 aliphatic carbocycles. The SMILES string of the molecule is COc1ncc(Cl)c(NCC(O)CC(C)C)n1. The van der Waals surface area contributed by atoms with Gasteiger partial charge in [-0.1, -0.05) is 25.4 Å². The Bertz CT molecular complexity index is 361. The van der Waals surface area contributed by atoms with E-state index in [0.717, 1.165) is 6.42 Å². The van der Waals surface area contributed by atoms with Gasteiger partial charge in [-0.05, 0) is 12.3 Å². The maximum absolute atomic E-state index is 9.72. The molecule has 6 heteroatoms. The molecule has 1 atom stereocenters. The van der Waals surface area contributed by atoms with Gasteiger partial charge in [0.25, 0.3) is 0 Å². The first kappa shape index (κ1) is 14.0. The lowest BCUT2D eigenvalue weighted by molar-refractivity contribution is 0.161. The average molecular weight is 260 g/mol. The molecular formula is C11H18ClN3O2. The van der Waals surface area contributed by atoms with Crippen molar-refractivity contribution in [3.05, 3.63) is 11.2 Å². The maximum Gasteiger partial charge on any atom is 0.318 e. The minimum Gasteiger partial charge on any atom is -0.467 e. The first-order valence-corrected chi connectivity index (χ1v) is 5.89. The number of ether oxygens (including phenoxy) is 1. The number of anilines is 1. The Morgan fingerprint density at radius 2 is 2.24 bits per heavy atom. The smallest absolute Gasteiger partial charge is 0.318 e. The third kappa shape index (κ3) is 4.75. The summed E-state index contributed by atoms with van der Waals surface area (Å²) < 4.78 is 4.90. The van der Waals surface area contributed by atoms with Crippen molar-refractivity contribution in [3.63, 3.8) is 0 Å². The van der Waals surface area contributed by atoms with Crippen LogP contribution in [0.1, 0.15) is 20.3 Å². The van der Waals surface area contributed by atoms with Crippen molar-refractivity contribution in [2.75, 3.05) is 19.0 Å². The second kappa shape index (κ2) is 6.61. The number of aliphatic hydroxyl groups excluding tert-OH is 1. The summed E-state index contributed by atoms with van der Waals surface area (Å²) >= 11 is 5.92. The summed E-state index contributed by atoms with van der Waals surface area (Å²) in [4.78, 5) is 7.92. The van der Waals surface area contributed by atoms with Crippen LogP contribution >= 0.6 is 11.6 Å². The normalized spacial score (nSPS) is 12.6. The van der Waals surface area contributed by atoms with Gasteiger partial charge in [0.2, 0.25) is 0 Å². The van der Waals surface area contributed by atoms with Crippen molar-refractivity contribution in [2.24, 2.45) is 5.92 Å². The highest BCUT2D eigenvalue weighted by Crippen LogP contribution is 2.20. The van der Waals surface area contributed by atoms with E-state index >= 15 is 0 Å². The van der Waals surface area contributed by atoms with Crippen molar-refractivity contribution in [3.8, 4) is 6.01 Å². The largest absolute Gasteiger partial charge is 0.467 e. The molecule has 2 N–H and O–H groups in total. The van der Waals surface area contributed by atoms with E-state index in [1.807, 2.05) is 0 Å². The van der Waals surface area contributed by atoms with Gasteiger partial charge in [0, 0.05) is 6.54 Å². The van der Waals surface area contributed by atoms with Crippen molar-refractivity contribution < 1.29 is 9.84 Å². The summed E-state index contributed by atoms with van der Waals surface area (Å²) in [6.07, 6.45) is 1.77. The Labute approximate surface area is 106 Å². The van der Waals surface area contributed by atoms with E-state index in [2.05, 4.69) is 29.1 Å². The number of nitrogens with zero attached hydrogens (tertiary/aromatic N) is 2. The number of rotatable bonds is 6. The van der Waals surface area contributed by atoms with Gasteiger partial charge in [0.15, 0.2) is 5.82 Å². The highest BCUT2D eigenvalue weighted by atomic mass is 35.5. The molecule has 0 aliphatic rings. The second-order valence-electron chi connectivity index (χ2n) is 4.22. The molecule has 0 aliphatic heterocycles. The number of aliphatic hydroxyl groups is 1. The lowest BCUT2D eigenvalue weighted by Gasteiger charge is -2.14. The molecule has 0 saturated heterocycles. The van der Waals surface area contributed by atoms with Crippen molar-refractivity contribution >= 4 is 17.4 Å². The van der Waals surface area contributed by atoms with Gasteiger partial charge in [-0.15, -0.1) is 0 Å². The van der Waals surface area contributed by atoms with Crippen LogP contribution in [0.3, 0.4) is 0 Å². The molecule has 1 heterocycles. The number of halogens is 1. The summed E-state index contributed by atoms with van der Waals surface area (Å²) in [5.74, 6) is 0.920. The molecule has 1 aromatic heterocycles. The molecule has 0 saturated carbocycles. The summed E-state index contributed by atoms with van der Waals surface area (Å²) in [7, 11) is 1.49. The van der Waals surface area contributed by atoms with Gasteiger partial charge in [-0.25, -0.2) is 4.98 Å². The topological polar surface area (TPSA) is 67.3 Å². The van der Waals surface area contributed by atoms with Crippen LogP contribution in [0.2, 0.25) is 5.02 Å². The lowest BCUT2D eigenvalue weighted by atomic mass is 10.1. The Kier molecular flexibility index (Phi) is 5.44. The van der Waals surface area contributed by atoms with E-state index in [4.69, 9.17) is 16.3 Å². The molecule has 5 nitrogen and oxygen atoms in total. The maximum atomic E-state index is 9.72. The molecule has 1 unspecified atom stereocenters. The van der Waals surface area contributed by atoms with E-state index < -0.39 is 6.10 Å². The van der Waals surface area contributed by atoms with Gasteiger partial charge in [-0.3, -0.25) is 0 Å². The van der Waals surface area contributed by atoms with E-state index in [9.17, 15) is 5.11 Å². The molecule has 1 aromatic rings. The lowest BCUT2D eigenvalue weighted by Crippen LogP contribution is -2.21. The molecule has 1 rings (SSSR count). The predicted molar refractivity (Wildman–Crippen MR) is 67.5 cm³/mol. The van der Waals surface area contributed by atoms with Crippen LogP contribution in [0.5, 0.6) is 6.01 Å². The average Bonchev–Trinajstić information content (AvgIpc) is 2.27. The molecule has 0 aromatic carbocycles. The number of hydrogen-bond donors (Lipinski definition) is 2. The van der Waals surface area contributed by atoms with Gasteiger partial charge < -0.3 is 15.2 Å². The van der Waals surface area contributed by atoms with Crippen LogP contribution < -0.4 is 10.1 Å².